The lowest BCUT2D eigenvalue weighted by Crippen LogP contribution is -2.48. The molecule has 26 heavy (non-hydrogen) atoms. The van der Waals surface area contributed by atoms with Crippen molar-refractivity contribution >= 4 is 21.8 Å². The average molecular weight is 382 g/mol. The highest BCUT2D eigenvalue weighted by Crippen LogP contribution is 2.29. The average Bonchev–Trinajstić information content (AvgIpc) is 3.15. The number of carbonyl (C=O) groups excluding carboxylic acids is 2. The molecule has 9 nitrogen and oxygen atoms in total. The molecule has 2 heterocycles. The van der Waals surface area contributed by atoms with Crippen LogP contribution in [-0.4, -0.2) is 63.9 Å². The molecule has 0 unspecified atom stereocenters. The van der Waals surface area contributed by atoms with Crippen molar-refractivity contribution in [1.29, 1.82) is 0 Å². The molecule has 0 spiro atoms. The van der Waals surface area contributed by atoms with Gasteiger partial charge >= 0.3 is 0 Å². The third kappa shape index (κ3) is 3.12. The van der Waals surface area contributed by atoms with Crippen molar-refractivity contribution in [3.05, 3.63) is 42.0 Å². The Morgan fingerprint density at radius 2 is 2.08 bits per heavy atom. The van der Waals surface area contributed by atoms with Gasteiger partial charge in [-0.3, -0.25) is 9.59 Å². The summed E-state index contributed by atoms with van der Waals surface area (Å²) in [4.78, 5) is 24.4. The van der Waals surface area contributed by atoms with Crippen LogP contribution < -0.4 is 5.32 Å². The molecule has 10 heteroatoms. The predicted molar refractivity (Wildman–Crippen MR) is 88.4 cm³/mol. The Balaban J connectivity index is 1.66. The van der Waals surface area contributed by atoms with E-state index in [1.807, 2.05) is 0 Å². The lowest BCUT2D eigenvalue weighted by atomic mass is 10.2. The Labute approximate surface area is 150 Å². The summed E-state index contributed by atoms with van der Waals surface area (Å²) in [7, 11) is -1.17. The minimum absolute atomic E-state index is 0.0543. The van der Waals surface area contributed by atoms with Gasteiger partial charge in [-0.15, -0.1) is 0 Å². The number of rotatable bonds is 6. The standard InChI is InChI=1S/C16H18N2O7S/c1-23-14-7-8-16(24-2,25-14)10-17-13(19)9-18-15(20)11-5-3-4-6-12(11)26(18,21)22/h3-8,14H,9-10H2,1-2H3,(H,17,19)/t14-,16+/m1/s1. The number of methoxy groups -OCH3 is 2. The van der Waals surface area contributed by atoms with E-state index in [2.05, 4.69) is 5.32 Å². The number of fused-ring (bicyclic) bond motifs is 1. The quantitative estimate of drug-likeness (QED) is 0.681. The van der Waals surface area contributed by atoms with Crippen molar-refractivity contribution in [2.75, 3.05) is 27.3 Å². The van der Waals surface area contributed by atoms with E-state index in [1.165, 1.54) is 32.4 Å². The molecule has 0 saturated carbocycles. The Kier molecular flexibility index (Phi) is 4.84. The Bertz CT molecular complexity index is 867. The number of nitrogens with one attached hydrogen (secondary N) is 1. The molecule has 2 aliphatic heterocycles. The SMILES string of the molecule is CO[C@H]1C=C[C@](CNC(=O)CN2C(=O)c3ccccc3S2(=O)=O)(OC)O1. The number of ether oxygens (including phenoxy) is 3. The van der Waals surface area contributed by atoms with E-state index in [4.69, 9.17) is 14.2 Å². The van der Waals surface area contributed by atoms with Crippen LogP contribution in [0.2, 0.25) is 0 Å². The number of hydrogen-bond acceptors (Lipinski definition) is 7. The molecule has 2 amide bonds. The van der Waals surface area contributed by atoms with Gasteiger partial charge < -0.3 is 19.5 Å². The normalized spacial score (nSPS) is 26.2. The fourth-order valence-electron chi connectivity index (χ4n) is 2.71. The van der Waals surface area contributed by atoms with Crippen LogP contribution >= 0.6 is 0 Å². The van der Waals surface area contributed by atoms with Crippen LogP contribution in [0.25, 0.3) is 0 Å². The number of nitrogens with zero attached hydrogens (tertiary/aromatic N) is 1. The zero-order valence-electron chi connectivity index (χ0n) is 14.2. The maximum atomic E-state index is 12.4. The van der Waals surface area contributed by atoms with Crippen molar-refractivity contribution < 1.29 is 32.2 Å². The zero-order valence-corrected chi connectivity index (χ0v) is 15.0. The second kappa shape index (κ2) is 6.80. The molecular weight excluding hydrogens is 364 g/mol. The van der Waals surface area contributed by atoms with E-state index >= 15 is 0 Å². The molecule has 3 rings (SSSR count). The molecule has 0 aliphatic carbocycles. The van der Waals surface area contributed by atoms with Gasteiger partial charge in [0.25, 0.3) is 15.9 Å². The highest BCUT2D eigenvalue weighted by molar-refractivity contribution is 7.90. The van der Waals surface area contributed by atoms with Gasteiger partial charge in [0, 0.05) is 14.2 Å². The molecule has 2 atom stereocenters. The van der Waals surface area contributed by atoms with Crippen LogP contribution in [0.3, 0.4) is 0 Å². The van der Waals surface area contributed by atoms with Crippen molar-refractivity contribution in [3.8, 4) is 0 Å². The third-order valence-corrected chi connectivity index (χ3v) is 5.92. The van der Waals surface area contributed by atoms with E-state index < -0.39 is 40.5 Å². The van der Waals surface area contributed by atoms with E-state index in [0.29, 0.717) is 4.31 Å². The van der Waals surface area contributed by atoms with Gasteiger partial charge in [0.2, 0.25) is 11.7 Å². The van der Waals surface area contributed by atoms with Gasteiger partial charge in [-0.05, 0) is 24.3 Å². The van der Waals surface area contributed by atoms with Crippen molar-refractivity contribution in [2.24, 2.45) is 0 Å². The first-order valence-electron chi connectivity index (χ1n) is 7.71. The molecule has 2 aliphatic rings. The van der Waals surface area contributed by atoms with Crippen molar-refractivity contribution in [3.63, 3.8) is 0 Å². The van der Waals surface area contributed by atoms with Crippen LogP contribution in [0.4, 0.5) is 0 Å². The van der Waals surface area contributed by atoms with Gasteiger partial charge in [-0.1, -0.05) is 12.1 Å². The van der Waals surface area contributed by atoms with E-state index in [9.17, 15) is 18.0 Å². The summed E-state index contributed by atoms with van der Waals surface area (Å²) < 4.78 is 41.2. The summed E-state index contributed by atoms with van der Waals surface area (Å²) in [5.41, 5.74) is 0.0543. The van der Waals surface area contributed by atoms with Gasteiger partial charge in [-0.25, -0.2) is 12.7 Å². The second-order valence-corrected chi connectivity index (χ2v) is 7.52. The summed E-state index contributed by atoms with van der Waals surface area (Å²) in [5.74, 6) is -2.61. The second-order valence-electron chi connectivity index (χ2n) is 5.69. The van der Waals surface area contributed by atoms with Gasteiger partial charge in [0.05, 0.1) is 12.1 Å². The molecular formula is C16H18N2O7S. The minimum atomic E-state index is -4.04. The van der Waals surface area contributed by atoms with Crippen LogP contribution in [0.5, 0.6) is 0 Å². The zero-order chi connectivity index (χ0) is 18.9. The molecule has 1 N–H and O–H groups in total. The first-order valence-corrected chi connectivity index (χ1v) is 9.15. The van der Waals surface area contributed by atoms with Crippen molar-refractivity contribution in [1.82, 2.24) is 9.62 Å². The van der Waals surface area contributed by atoms with E-state index in [0.717, 1.165) is 0 Å². The number of benzene rings is 1. The first kappa shape index (κ1) is 18.5. The predicted octanol–water partition coefficient (Wildman–Crippen LogP) is -0.151. The highest BCUT2D eigenvalue weighted by Gasteiger charge is 2.42. The molecule has 140 valence electrons. The molecule has 0 bridgehead atoms. The van der Waals surface area contributed by atoms with Crippen LogP contribution in [0.1, 0.15) is 10.4 Å². The first-order chi connectivity index (χ1) is 12.3. The lowest BCUT2D eigenvalue weighted by molar-refractivity contribution is -0.239. The number of amides is 2. The third-order valence-electron chi connectivity index (χ3n) is 4.13. The Morgan fingerprint density at radius 3 is 2.69 bits per heavy atom. The van der Waals surface area contributed by atoms with E-state index in [-0.39, 0.29) is 17.0 Å². The largest absolute Gasteiger partial charge is 0.352 e. The van der Waals surface area contributed by atoms with Crippen LogP contribution in [0, 0.1) is 0 Å². The topological polar surface area (TPSA) is 111 Å². The van der Waals surface area contributed by atoms with Gasteiger partial charge in [-0.2, -0.15) is 0 Å². The van der Waals surface area contributed by atoms with Gasteiger partial charge in [0.1, 0.15) is 11.4 Å². The molecule has 0 fully saturated rings. The maximum absolute atomic E-state index is 12.4. The van der Waals surface area contributed by atoms with Gasteiger partial charge in [0.15, 0.2) is 6.29 Å². The summed E-state index contributed by atoms with van der Waals surface area (Å²) in [6, 6.07) is 5.83. The summed E-state index contributed by atoms with van der Waals surface area (Å²) in [6.45, 7) is -0.708. The fourth-order valence-corrected chi connectivity index (χ4v) is 4.24. The molecule has 1 aromatic carbocycles. The molecule has 0 radical (unpaired) electrons. The molecule has 0 aromatic heterocycles. The van der Waals surface area contributed by atoms with Crippen molar-refractivity contribution in [2.45, 2.75) is 17.0 Å². The number of carbonyl (C=O) groups is 2. The number of sulfonamides is 1. The molecule has 0 saturated heterocycles. The lowest BCUT2D eigenvalue weighted by Gasteiger charge is -2.27. The summed E-state index contributed by atoms with van der Waals surface area (Å²) in [6.07, 6.45) is 2.61. The molecule has 1 aromatic rings. The number of hydrogen-bond donors (Lipinski definition) is 1. The smallest absolute Gasteiger partial charge is 0.269 e. The van der Waals surface area contributed by atoms with Crippen LogP contribution in [0.15, 0.2) is 41.3 Å². The summed E-state index contributed by atoms with van der Waals surface area (Å²) >= 11 is 0. The highest BCUT2D eigenvalue weighted by atomic mass is 32.2. The Hall–Kier alpha value is -2.27. The summed E-state index contributed by atoms with van der Waals surface area (Å²) in [5, 5.41) is 2.52. The minimum Gasteiger partial charge on any atom is -0.352 e. The van der Waals surface area contributed by atoms with Crippen LogP contribution in [-0.2, 0) is 29.0 Å². The maximum Gasteiger partial charge on any atom is 0.269 e. The Morgan fingerprint density at radius 1 is 1.35 bits per heavy atom. The monoisotopic (exact) mass is 382 g/mol. The van der Waals surface area contributed by atoms with E-state index in [1.54, 1.807) is 18.2 Å². The fraction of sp³-hybridized carbons (Fsp3) is 0.375.